The monoisotopic (exact) mass is 391 g/mol. The summed E-state index contributed by atoms with van der Waals surface area (Å²) in [5.41, 5.74) is 6.36. The molecule has 0 aliphatic carbocycles. The Kier molecular flexibility index (Phi) is 4.86. The van der Waals surface area contributed by atoms with Crippen LogP contribution in [-0.4, -0.2) is 15.9 Å². The third-order valence-electron chi connectivity index (χ3n) is 3.97. The van der Waals surface area contributed by atoms with Crippen LogP contribution < -0.4 is 5.73 Å². The predicted molar refractivity (Wildman–Crippen MR) is 106 cm³/mol. The molecule has 0 saturated carbocycles. The molecular weight excluding hydrogens is 377 g/mol. The number of benzene rings is 2. The molecule has 0 fully saturated rings. The first-order chi connectivity index (χ1) is 13.6. The van der Waals surface area contributed by atoms with Crippen molar-refractivity contribution in [3.8, 4) is 0 Å². The number of fused-ring (bicyclic) bond motifs is 1. The molecule has 0 atom stereocenters. The number of carbonyl (C=O) groups is 1. The first-order valence-electron chi connectivity index (χ1n) is 8.32. The summed E-state index contributed by atoms with van der Waals surface area (Å²) < 4.78 is 13.1. The van der Waals surface area contributed by atoms with Crippen LogP contribution >= 0.6 is 11.8 Å². The Morgan fingerprint density at radius 3 is 2.64 bits per heavy atom. The fraction of sp³-hybridized carbons (Fsp3) is 0. The molecule has 0 spiro atoms. The van der Waals surface area contributed by atoms with E-state index in [0.29, 0.717) is 11.6 Å². The van der Waals surface area contributed by atoms with E-state index in [1.165, 1.54) is 30.1 Å². The molecule has 3 N–H and O–H groups in total. The zero-order chi connectivity index (χ0) is 19.5. The molecule has 0 aliphatic rings. The van der Waals surface area contributed by atoms with E-state index in [4.69, 9.17) is 5.73 Å². The lowest BCUT2D eigenvalue weighted by Crippen LogP contribution is -1.96. The van der Waals surface area contributed by atoms with Crippen molar-refractivity contribution in [2.24, 2.45) is 10.2 Å². The second kappa shape index (κ2) is 7.61. The van der Waals surface area contributed by atoms with Gasteiger partial charge in [-0.15, -0.1) is 10.2 Å². The minimum absolute atomic E-state index is 0.211. The van der Waals surface area contributed by atoms with E-state index in [0.717, 1.165) is 20.6 Å². The number of amides is 1. The first-order valence-corrected chi connectivity index (χ1v) is 9.14. The van der Waals surface area contributed by atoms with Crippen LogP contribution in [0.2, 0.25) is 0 Å². The number of hydrogen-bond donors (Lipinski definition) is 2. The molecule has 1 amide bonds. The second-order valence-corrected chi connectivity index (χ2v) is 6.96. The van der Waals surface area contributed by atoms with Gasteiger partial charge in [0.15, 0.2) is 5.82 Å². The summed E-state index contributed by atoms with van der Waals surface area (Å²) in [5.74, 6) is -0.0273. The second-order valence-electron chi connectivity index (χ2n) is 5.84. The van der Waals surface area contributed by atoms with Crippen LogP contribution in [0.5, 0.6) is 0 Å². The fourth-order valence-corrected chi connectivity index (χ4v) is 3.69. The Bertz CT molecular complexity index is 1170. The van der Waals surface area contributed by atoms with E-state index in [1.54, 1.807) is 30.3 Å². The van der Waals surface area contributed by atoms with E-state index in [2.05, 4.69) is 20.2 Å². The van der Waals surface area contributed by atoms with Gasteiger partial charge in [-0.05, 0) is 42.5 Å². The highest BCUT2D eigenvalue weighted by atomic mass is 32.2. The molecule has 0 bridgehead atoms. The van der Waals surface area contributed by atoms with Crippen molar-refractivity contribution in [3.63, 3.8) is 0 Å². The molecule has 2 heterocycles. The zero-order valence-corrected chi connectivity index (χ0v) is 15.3. The van der Waals surface area contributed by atoms with Crippen LogP contribution in [0.1, 0.15) is 10.5 Å². The number of aromatic amines is 1. The van der Waals surface area contributed by atoms with Crippen LogP contribution in [0.15, 0.2) is 86.9 Å². The van der Waals surface area contributed by atoms with Crippen molar-refractivity contribution >= 4 is 40.1 Å². The maximum absolute atomic E-state index is 13.1. The summed E-state index contributed by atoms with van der Waals surface area (Å²) in [6.45, 7) is 0. The van der Waals surface area contributed by atoms with Crippen molar-refractivity contribution < 1.29 is 9.18 Å². The maximum Gasteiger partial charge on any atom is 0.313 e. The predicted octanol–water partition coefficient (Wildman–Crippen LogP) is 5.36. The zero-order valence-electron chi connectivity index (χ0n) is 14.5. The molecule has 0 unspecified atom stereocenters. The van der Waals surface area contributed by atoms with Crippen molar-refractivity contribution in [2.75, 3.05) is 5.73 Å². The normalized spacial score (nSPS) is 11.3. The van der Waals surface area contributed by atoms with Gasteiger partial charge >= 0.3 is 5.91 Å². The molecule has 2 aromatic carbocycles. The highest BCUT2D eigenvalue weighted by molar-refractivity contribution is 7.99. The Balaban J connectivity index is 1.67. The van der Waals surface area contributed by atoms with Crippen molar-refractivity contribution in [2.45, 2.75) is 9.79 Å². The number of rotatable bonds is 4. The summed E-state index contributed by atoms with van der Waals surface area (Å²) in [5, 5.41) is 9.28. The lowest BCUT2D eigenvalue weighted by molar-refractivity contribution is 0.0990. The first kappa shape index (κ1) is 17.9. The Labute approximate surface area is 163 Å². The van der Waals surface area contributed by atoms with Crippen LogP contribution in [0.4, 0.5) is 16.0 Å². The number of nitrogens with zero attached hydrogens (tertiary/aromatic N) is 3. The Morgan fingerprint density at radius 1 is 1.07 bits per heavy atom. The van der Waals surface area contributed by atoms with E-state index in [9.17, 15) is 9.18 Å². The van der Waals surface area contributed by atoms with Gasteiger partial charge in [-0.2, -0.15) is 0 Å². The fourth-order valence-electron chi connectivity index (χ4n) is 2.69. The van der Waals surface area contributed by atoms with Crippen molar-refractivity contribution in [1.29, 1.82) is 0 Å². The third-order valence-corrected chi connectivity index (χ3v) is 5.04. The molecule has 6 nitrogen and oxygen atoms in total. The lowest BCUT2D eigenvalue weighted by atomic mass is 10.2. The van der Waals surface area contributed by atoms with Gasteiger partial charge in [0.2, 0.25) is 0 Å². The number of carbonyl (C=O) groups excluding carboxylic acids is 1. The molecule has 0 aliphatic heterocycles. The van der Waals surface area contributed by atoms with Gasteiger partial charge in [0.1, 0.15) is 17.3 Å². The molecule has 2 aromatic heterocycles. The SMILES string of the molecule is Nc1[nH]c(N=NC(=O)c2ccccn2)c2cccc(Sc3ccc(F)cc3)c12. The van der Waals surface area contributed by atoms with E-state index < -0.39 is 5.91 Å². The standard InChI is InChI=1S/C20H14FN5OS/c21-12-7-9-13(10-8-12)28-16-6-3-4-14-17(16)18(22)24-19(14)25-26-20(27)15-5-1-2-11-23-15/h1-11,24H,22H2. The van der Waals surface area contributed by atoms with Gasteiger partial charge in [-0.3, -0.25) is 9.78 Å². The molecule has 0 radical (unpaired) electrons. The smallest absolute Gasteiger partial charge is 0.313 e. The quantitative estimate of drug-likeness (QED) is 0.458. The molecule has 28 heavy (non-hydrogen) atoms. The summed E-state index contributed by atoms with van der Waals surface area (Å²) in [7, 11) is 0. The number of azo groups is 1. The largest absolute Gasteiger partial charge is 0.385 e. The Hall–Kier alpha value is -3.52. The van der Waals surface area contributed by atoms with Gasteiger partial charge in [-0.25, -0.2) is 4.39 Å². The molecular formula is C20H14FN5OS. The van der Waals surface area contributed by atoms with Crippen molar-refractivity contribution in [1.82, 2.24) is 9.97 Å². The van der Waals surface area contributed by atoms with Gasteiger partial charge in [0.25, 0.3) is 0 Å². The molecule has 138 valence electrons. The molecule has 0 saturated heterocycles. The molecule has 4 rings (SSSR count). The van der Waals surface area contributed by atoms with E-state index >= 15 is 0 Å². The number of H-pyrrole nitrogens is 1. The maximum atomic E-state index is 13.1. The minimum Gasteiger partial charge on any atom is -0.385 e. The van der Waals surface area contributed by atoms with Gasteiger partial charge < -0.3 is 10.7 Å². The van der Waals surface area contributed by atoms with Gasteiger partial charge in [0, 0.05) is 26.8 Å². The van der Waals surface area contributed by atoms with E-state index in [-0.39, 0.29) is 11.5 Å². The number of pyridine rings is 1. The average Bonchev–Trinajstić information content (AvgIpc) is 3.05. The highest BCUT2D eigenvalue weighted by Crippen LogP contribution is 2.40. The number of halogens is 1. The third kappa shape index (κ3) is 3.63. The number of aromatic nitrogens is 2. The number of nitrogens with two attached hydrogens (primary N) is 1. The molecule has 4 aromatic rings. The summed E-state index contributed by atoms with van der Waals surface area (Å²) in [6.07, 6.45) is 1.52. The highest BCUT2D eigenvalue weighted by Gasteiger charge is 2.14. The number of nitrogens with one attached hydrogen (secondary N) is 1. The van der Waals surface area contributed by atoms with Crippen LogP contribution in [0, 0.1) is 5.82 Å². The van der Waals surface area contributed by atoms with Crippen LogP contribution in [0.3, 0.4) is 0 Å². The summed E-state index contributed by atoms with van der Waals surface area (Å²) >= 11 is 1.46. The van der Waals surface area contributed by atoms with Crippen LogP contribution in [-0.2, 0) is 0 Å². The molecule has 8 heteroatoms. The number of anilines is 1. The van der Waals surface area contributed by atoms with Gasteiger partial charge in [0.05, 0.1) is 0 Å². The van der Waals surface area contributed by atoms with Gasteiger partial charge in [-0.1, -0.05) is 30.0 Å². The summed E-state index contributed by atoms with van der Waals surface area (Å²) in [4.78, 5) is 20.8. The number of nitrogen functional groups attached to an aromatic ring is 1. The lowest BCUT2D eigenvalue weighted by Gasteiger charge is -2.04. The Morgan fingerprint density at radius 2 is 1.89 bits per heavy atom. The minimum atomic E-state index is -0.543. The summed E-state index contributed by atoms with van der Waals surface area (Å²) in [6, 6.07) is 16.8. The van der Waals surface area contributed by atoms with Crippen LogP contribution in [0.25, 0.3) is 10.8 Å². The number of hydrogen-bond acceptors (Lipinski definition) is 5. The average molecular weight is 391 g/mol. The van der Waals surface area contributed by atoms with E-state index in [1.807, 2.05) is 18.2 Å². The van der Waals surface area contributed by atoms with Crippen molar-refractivity contribution in [3.05, 3.63) is 78.4 Å². The topological polar surface area (TPSA) is 96.5 Å².